The summed E-state index contributed by atoms with van der Waals surface area (Å²) in [4.78, 5) is 23.3. The Morgan fingerprint density at radius 3 is 2.90 bits per heavy atom. The Kier molecular flexibility index (Phi) is 4.86. The van der Waals surface area contributed by atoms with Crippen molar-refractivity contribution in [2.45, 2.75) is 32.6 Å². The van der Waals surface area contributed by atoms with Crippen LogP contribution in [0.2, 0.25) is 0 Å². The molecule has 8 nitrogen and oxygen atoms in total. The lowest BCUT2D eigenvalue weighted by Crippen LogP contribution is -2.22. The van der Waals surface area contributed by atoms with Gasteiger partial charge in [0.05, 0.1) is 29.9 Å². The van der Waals surface area contributed by atoms with Crippen molar-refractivity contribution in [2.24, 2.45) is 22.4 Å². The third-order valence-corrected chi connectivity index (χ3v) is 6.27. The number of carbonyl (C=O) groups excluding carboxylic acids is 1. The number of rotatable bonds is 6. The van der Waals surface area contributed by atoms with Crippen LogP contribution in [0.5, 0.6) is 5.75 Å². The van der Waals surface area contributed by atoms with Gasteiger partial charge in [-0.15, -0.1) is 0 Å². The fourth-order valence-corrected chi connectivity index (χ4v) is 4.64. The Labute approximate surface area is 168 Å². The Bertz CT molecular complexity index is 982. The minimum atomic E-state index is -0.482. The number of fused-ring (bicyclic) bond motifs is 1. The summed E-state index contributed by atoms with van der Waals surface area (Å²) in [5, 5.41) is 15.4. The number of hydrazone groups is 1. The highest BCUT2D eigenvalue weighted by Gasteiger charge is 2.64. The highest BCUT2D eigenvalue weighted by Crippen LogP contribution is 2.66. The van der Waals surface area contributed by atoms with Gasteiger partial charge in [-0.05, 0) is 48.4 Å². The fraction of sp³-hybridized carbons (Fsp3) is 0.429. The Morgan fingerprint density at radius 1 is 1.38 bits per heavy atom. The van der Waals surface area contributed by atoms with E-state index in [1.807, 2.05) is 0 Å². The SMILES string of the molecule is COc1ccc(-c2ccc(/C=N\NC(=O)[C@H]3[C@@H]4CCCC[C@@]43C)o2)c([N+](=O)[O-])c1. The molecule has 4 rings (SSSR count). The minimum absolute atomic E-state index is 0.0382. The van der Waals surface area contributed by atoms with Gasteiger partial charge in [-0.1, -0.05) is 19.8 Å². The number of ether oxygens (including phenoxy) is 1. The molecule has 2 aliphatic carbocycles. The number of nitrogens with one attached hydrogen (secondary N) is 1. The van der Waals surface area contributed by atoms with Gasteiger partial charge in [-0.3, -0.25) is 14.9 Å². The van der Waals surface area contributed by atoms with Crippen LogP contribution in [0.4, 0.5) is 5.69 Å². The number of nitro benzene ring substituents is 1. The van der Waals surface area contributed by atoms with Crippen molar-refractivity contribution >= 4 is 17.8 Å². The number of methoxy groups -OCH3 is 1. The van der Waals surface area contributed by atoms with Crippen LogP contribution in [0.25, 0.3) is 11.3 Å². The van der Waals surface area contributed by atoms with Crippen molar-refractivity contribution in [2.75, 3.05) is 7.11 Å². The lowest BCUT2D eigenvalue weighted by atomic mass is 9.90. The molecule has 0 saturated heterocycles. The third kappa shape index (κ3) is 3.50. The number of nitrogens with zero attached hydrogens (tertiary/aromatic N) is 2. The van der Waals surface area contributed by atoms with E-state index in [1.54, 1.807) is 24.3 Å². The number of hydrogen-bond acceptors (Lipinski definition) is 6. The molecule has 1 heterocycles. The highest BCUT2D eigenvalue weighted by molar-refractivity contribution is 5.85. The summed E-state index contributed by atoms with van der Waals surface area (Å²) in [6, 6.07) is 7.84. The smallest absolute Gasteiger partial charge is 0.284 e. The number of furan rings is 1. The van der Waals surface area contributed by atoms with Crippen molar-refractivity contribution in [1.82, 2.24) is 5.43 Å². The molecular weight excluding hydrogens is 374 g/mol. The molecule has 8 heteroatoms. The molecule has 1 amide bonds. The first-order valence-electron chi connectivity index (χ1n) is 9.69. The molecule has 0 radical (unpaired) electrons. The first-order valence-corrected chi connectivity index (χ1v) is 9.69. The molecule has 2 fully saturated rings. The Balaban J connectivity index is 1.44. The van der Waals surface area contributed by atoms with Gasteiger partial charge in [-0.2, -0.15) is 5.10 Å². The van der Waals surface area contributed by atoms with Crippen LogP contribution in [-0.2, 0) is 4.79 Å². The second kappa shape index (κ2) is 7.35. The molecule has 1 aromatic carbocycles. The number of carbonyl (C=O) groups is 1. The van der Waals surface area contributed by atoms with Crippen molar-refractivity contribution in [3.63, 3.8) is 0 Å². The summed E-state index contributed by atoms with van der Waals surface area (Å²) < 4.78 is 10.7. The summed E-state index contributed by atoms with van der Waals surface area (Å²) in [6.45, 7) is 2.19. The minimum Gasteiger partial charge on any atom is -0.497 e. The van der Waals surface area contributed by atoms with E-state index in [9.17, 15) is 14.9 Å². The van der Waals surface area contributed by atoms with Gasteiger partial charge < -0.3 is 9.15 Å². The predicted octanol–water partition coefficient (Wildman–Crippen LogP) is 4.14. The van der Waals surface area contributed by atoms with E-state index in [4.69, 9.17) is 9.15 Å². The van der Waals surface area contributed by atoms with Crippen molar-refractivity contribution in [3.05, 3.63) is 46.2 Å². The summed E-state index contributed by atoms with van der Waals surface area (Å²) in [6.07, 6.45) is 6.00. The summed E-state index contributed by atoms with van der Waals surface area (Å²) in [5.41, 5.74) is 2.97. The highest BCUT2D eigenvalue weighted by atomic mass is 16.6. The normalized spacial score (nSPS) is 25.4. The number of benzene rings is 1. The molecule has 2 aliphatic rings. The maximum absolute atomic E-state index is 12.4. The van der Waals surface area contributed by atoms with Crippen molar-refractivity contribution in [3.8, 4) is 17.1 Å². The number of amides is 1. The van der Waals surface area contributed by atoms with E-state index in [2.05, 4.69) is 17.5 Å². The summed E-state index contributed by atoms with van der Waals surface area (Å²) in [7, 11) is 1.45. The molecule has 2 saturated carbocycles. The standard InChI is InChI=1S/C21H23N3O5/c1-21-10-4-3-5-16(21)19(21)20(25)23-22-12-14-7-9-18(29-14)15-8-6-13(28-2)11-17(15)24(26)27/h6-9,11-12,16,19H,3-5,10H2,1-2H3,(H,23,25)/b22-12-/t16-,19+,21-/m0/s1. The molecule has 1 N–H and O–H groups in total. The Hall–Kier alpha value is -3.16. The zero-order valence-electron chi connectivity index (χ0n) is 16.4. The maximum atomic E-state index is 12.4. The monoisotopic (exact) mass is 397 g/mol. The molecule has 0 aliphatic heterocycles. The molecule has 152 valence electrons. The van der Waals surface area contributed by atoms with E-state index < -0.39 is 4.92 Å². The van der Waals surface area contributed by atoms with Crippen LogP contribution in [0.15, 0.2) is 39.9 Å². The van der Waals surface area contributed by atoms with Gasteiger partial charge in [0, 0.05) is 5.92 Å². The zero-order chi connectivity index (χ0) is 20.6. The average Bonchev–Trinajstić information content (AvgIpc) is 3.08. The van der Waals surface area contributed by atoms with Crippen LogP contribution >= 0.6 is 0 Å². The number of hydrogen-bond donors (Lipinski definition) is 1. The van der Waals surface area contributed by atoms with E-state index in [-0.39, 0.29) is 22.9 Å². The van der Waals surface area contributed by atoms with E-state index in [1.165, 1.54) is 32.2 Å². The second-order valence-corrected chi connectivity index (χ2v) is 7.91. The average molecular weight is 397 g/mol. The molecule has 2 aromatic rings. The lowest BCUT2D eigenvalue weighted by Gasteiger charge is -2.15. The summed E-state index contributed by atoms with van der Waals surface area (Å²) >= 11 is 0. The van der Waals surface area contributed by atoms with Crippen LogP contribution in [0.1, 0.15) is 38.4 Å². The van der Waals surface area contributed by atoms with E-state index >= 15 is 0 Å². The molecular formula is C21H23N3O5. The topological polar surface area (TPSA) is 107 Å². The zero-order valence-corrected chi connectivity index (χ0v) is 16.4. The van der Waals surface area contributed by atoms with Gasteiger partial charge in [0.25, 0.3) is 5.69 Å². The van der Waals surface area contributed by atoms with Gasteiger partial charge in [0.2, 0.25) is 5.91 Å². The van der Waals surface area contributed by atoms with E-state index in [0.717, 1.165) is 12.8 Å². The van der Waals surface area contributed by atoms with Gasteiger partial charge in [0.1, 0.15) is 17.3 Å². The molecule has 29 heavy (non-hydrogen) atoms. The molecule has 0 spiro atoms. The fourth-order valence-electron chi connectivity index (χ4n) is 4.64. The largest absolute Gasteiger partial charge is 0.497 e. The quantitative estimate of drug-likeness (QED) is 0.448. The van der Waals surface area contributed by atoms with Gasteiger partial charge >= 0.3 is 0 Å². The van der Waals surface area contributed by atoms with Crippen LogP contribution < -0.4 is 10.2 Å². The van der Waals surface area contributed by atoms with Gasteiger partial charge in [0.15, 0.2) is 0 Å². The molecule has 0 bridgehead atoms. The lowest BCUT2D eigenvalue weighted by molar-refractivity contribution is -0.384. The third-order valence-electron chi connectivity index (χ3n) is 6.27. The number of nitro groups is 1. The first-order chi connectivity index (χ1) is 13.9. The van der Waals surface area contributed by atoms with Crippen molar-refractivity contribution < 1.29 is 18.9 Å². The maximum Gasteiger partial charge on any atom is 0.284 e. The molecule has 3 atom stereocenters. The summed E-state index contributed by atoms with van der Waals surface area (Å²) in [5.74, 6) is 1.59. The van der Waals surface area contributed by atoms with E-state index in [0.29, 0.717) is 28.8 Å². The second-order valence-electron chi connectivity index (χ2n) is 7.91. The first kappa shape index (κ1) is 19.2. The van der Waals surface area contributed by atoms with Crippen LogP contribution in [0.3, 0.4) is 0 Å². The predicted molar refractivity (Wildman–Crippen MR) is 107 cm³/mol. The van der Waals surface area contributed by atoms with Crippen molar-refractivity contribution in [1.29, 1.82) is 0 Å². The molecule has 0 unspecified atom stereocenters. The van der Waals surface area contributed by atoms with Crippen LogP contribution in [0, 0.1) is 27.4 Å². The molecule has 1 aromatic heterocycles. The Morgan fingerprint density at radius 2 is 2.21 bits per heavy atom. The van der Waals surface area contributed by atoms with Gasteiger partial charge in [-0.25, -0.2) is 5.43 Å². The van der Waals surface area contributed by atoms with Crippen LogP contribution in [-0.4, -0.2) is 24.2 Å².